The van der Waals surface area contributed by atoms with Crippen LogP contribution >= 0.6 is 0 Å². The number of anilines is 2. The number of aromatic hydroxyl groups is 2. The van der Waals surface area contributed by atoms with Crippen LogP contribution in [0.4, 0.5) is 11.4 Å². The Bertz CT molecular complexity index is 377. The summed E-state index contributed by atoms with van der Waals surface area (Å²) in [7, 11) is 0. The number of nitrogen functional groups attached to an aromatic ring is 2. The lowest BCUT2D eigenvalue weighted by molar-refractivity contribution is 0.456. The van der Waals surface area contributed by atoms with E-state index >= 15 is 0 Å². The van der Waals surface area contributed by atoms with Gasteiger partial charge in [-0.3, -0.25) is 4.98 Å². The summed E-state index contributed by atoms with van der Waals surface area (Å²) < 4.78 is 0. The SMILES string of the molecule is Nc1cccnc1O.Nc1cnccc1O. The molecule has 2 aromatic heterocycles. The minimum Gasteiger partial charge on any atom is -0.506 e. The van der Waals surface area contributed by atoms with Crippen molar-refractivity contribution < 1.29 is 10.2 Å². The van der Waals surface area contributed by atoms with E-state index in [1.165, 1.54) is 24.7 Å². The Morgan fingerprint density at radius 1 is 1.00 bits per heavy atom. The highest BCUT2D eigenvalue weighted by Crippen LogP contribution is 2.14. The molecule has 6 N–H and O–H groups in total. The summed E-state index contributed by atoms with van der Waals surface area (Å²) in [6.07, 6.45) is 4.35. The molecule has 0 aliphatic carbocycles. The summed E-state index contributed by atoms with van der Waals surface area (Å²) in [5, 5.41) is 17.4. The van der Waals surface area contributed by atoms with Crippen LogP contribution in [-0.4, -0.2) is 20.2 Å². The Labute approximate surface area is 92.2 Å². The van der Waals surface area contributed by atoms with Gasteiger partial charge in [0.05, 0.1) is 17.6 Å². The van der Waals surface area contributed by atoms with Gasteiger partial charge in [0.2, 0.25) is 5.88 Å². The van der Waals surface area contributed by atoms with Crippen molar-refractivity contribution in [2.24, 2.45) is 0 Å². The van der Waals surface area contributed by atoms with Crippen molar-refractivity contribution in [1.29, 1.82) is 0 Å². The zero-order chi connectivity index (χ0) is 12.0. The summed E-state index contributed by atoms with van der Waals surface area (Å²) in [6, 6.07) is 4.69. The monoisotopic (exact) mass is 220 g/mol. The van der Waals surface area contributed by atoms with Crippen LogP contribution in [0.15, 0.2) is 36.8 Å². The van der Waals surface area contributed by atoms with Crippen LogP contribution in [0.5, 0.6) is 11.6 Å². The quantitative estimate of drug-likeness (QED) is 0.520. The second-order valence-electron chi connectivity index (χ2n) is 2.85. The number of aromatic nitrogens is 2. The third-order valence-electron chi connectivity index (χ3n) is 1.64. The normalized spacial score (nSPS) is 9.00. The van der Waals surface area contributed by atoms with E-state index in [1.807, 2.05) is 0 Å². The van der Waals surface area contributed by atoms with E-state index in [0.717, 1.165) is 0 Å². The van der Waals surface area contributed by atoms with Crippen molar-refractivity contribution in [2.75, 3.05) is 11.5 Å². The van der Waals surface area contributed by atoms with Crippen molar-refractivity contribution in [3.63, 3.8) is 0 Å². The fourth-order valence-corrected chi connectivity index (χ4v) is 0.809. The first-order valence-corrected chi connectivity index (χ1v) is 4.39. The molecule has 2 rings (SSSR count). The van der Waals surface area contributed by atoms with E-state index in [2.05, 4.69) is 9.97 Å². The van der Waals surface area contributed by atoms with Crippen LogP contribution in [-0.2, 0) is 0 Å². The van der Waals surface area contributed by atoms with Crippen molar-refractivity contribution in [1.82, 2.24) is 9.97 Å². The number of rotatable bonds is 0. The van der Waals surface area contributed by atoms with E-state index in [0.29, 0.717) is 11.4 Å². The Morgan fingerprint density at radius 2 is 1.75 bits per heavy atom. The molecule has 0 aromatic carbocycles. The molecule has 16 heavy (non-hydrogen) atoms. The fraction of sp³-hybridized carbons (Fsp3) is 0. The molecule has 0 fully saturated rings. The average Bonchev–Trinajstić information content (AvgIpc) is 2.28. The molecule has 0 atom stereocenters. The molecule has 0 radical (unpaired) electrons. The van der Waals surface area contributed by atoms with Gasteiger partial charge in [0.1, 0.15) is 5.75 Å². The fourth-order valence-electron chi connectivity index (χ4n) is 0.809. The number of pyridine rings is 2. The predicted octanol–water partition coefficient (Wildman–Crippen LogP) is 0.739. The van der Waals surface area contributed by atoms with Gasteiger partial charge in [0.15, 0.2) is 0 Å². The summed E-state index contributed by atoms with van der Waals surface area (Å²) >= 11 is 0. The predicted molar refractivity (Wildman–Crippen MR) is 60.6 cm³/mol. The van der Waals surface area contributed by atoms with Gasteiger partial charge in [-0.1, -0.05) is 0 Å². The molecular weight excluding hydrogens is 208 g/mol. The van der Waals surface area contributed by atoms with Gasteiger partial charge in [-0.15, -0.1) is 0 Å². The summed E-state index contributed by atoms with van der Waals surface area (Å²) in [4.78, 5) is 7.17. The third kappa shape index (κ3) is 3.33. The first-order valence-electron chi connectivity index (χ1n) is 4.39. The topological polar surface area (TPSA) is 118 Å². The third-order valence-corrected chi connectivity index (χ3v) is 1.64. The van der Waals surface area contributed by atoms with Gasteiger partial charge in [0.25, 0.3) is 0 Å². The number of nitrogens with zero attached hydrogens (tertiary/aromatic N) is 2. The molecule has 0 aliphatic heterocycles. The molecule has 0 unspecified atom stereocenters. The van der Waals surface area contributed by atoms with Crippen molar-refractivity contribution in [3.05, 3.63) is 36.8 Å². The number of hydrogen-bond donors (Lipinski definition) is 4. The minimum absolute atomic E-state index is 0.0833. The van der Waals surface area contributed by atoms with Gasteiger partial charge in [-0.2, -0.15) is 0 Å². The second kappa shape index (κ2) is 5.40. The first kappa shape index (κ1) is 11.6. The van der Waals surface area contributed by atoms with Crippen LogP contribution in [0.25, 0.3) is 0 Å². The van der Waals surface area contributed by atoms with Crippen LogP contribution < -0.4 is 11.5 Å². The smallest absolute Gasteiger partial charge is 0.234 e. The van der Waals surface area contributed by atoms with Gasteiger partial charge >= 0.3 is 0 Å². The molecule has 2 heterocycles. The highest BCUT2D eigenvalue weighted by molar-refractivity contribution is 5.48. The second-order valence-corrected chi connectivity index (χ2v) is 2.85. The molecule has 0 spiro atoms. The molecule has 0 saturated heterocycles. The molecule has 0 saturated carbocycles. The summed E-state index contributed by atoms with van der Waals surface area (Å²) in [5.41, 5.74) is 11.0. The molecule has 0 aliphatic rings. The Morgan fingerprint density at radius 3 is 2.12 bits per heavy atom. The number of hydrogen-bond acceptors (Lipinski definition) is 6. The largest absolute Gasteiger partial charge is 0.506 e. The molecule has 84 valence electrons. The lowest BCUT2D eigenvalue weighted by Crippen LogP contribution is -1.85. The van der Waals surface area contributed by atoms with E-state index in [1.54, 1.807) is 12.1 Å². The molecule has 0 amide bonds. The Kier molecular flexibility index (Phi) is 3.90. The van der Waals surface area contributed by atoms with Crippen LogP contribution in [0.2, 0.25) is 0 Å². The first-order chi connectivity index (χ1) is 7.61. The molecule has 0 bridgehead atoms. The van der Waals surface area contributed by atoms with E-state index in [-0.39, 0.29) is 11.6 Å². The van der Waals surface area contributed by atoms with Crippen LogP contribution in [0.1, 0.15) is 0 Å². The molecule has 6 nitrogen and oxygen atoms in total. The standard InChI is InChI=1S/2C5H6N2O/c6-4-3-7-2-1-5(4)8;6-4-2-1-3-7-5(4)8/h2*1-3H,6H2,(H,7,8). The summed E-state index contributed by atoms with van der Waals surface area (Å²) in [6.45, 7) is 0. The van der Waals surface area contributed by atoms with Gasteiger partial charge in [-0.05, 0) is 12.1 Å². The maximum absolute atomic E-state index is 8.75. The lowest BCUT2D eigenvalue weighted by Gasteiger charge is -1.91. The van der Waals surface area contributed by atoms with E-state index in [4.69, 9.17) is 21.7 Å². The lowest BCUT2D eigenvalue weighted by atomic mass is 10.4. The summed E-state index contributed by atoms with van der Waals surface area (Å²) in [5.74, 6) is -0.0208. The zero-order valence-corrected chi connectivity index (χ0v) is 8.41. The van der Waals surface area contributed by atoms with Crippen molar-refractivity contribution >= 4 is 11.4 Å². The maximum Gasteiger partial charge on any atom is 0.234 e. The molecule has 6 heteroatoms. The van der Waals surface area contributed by atoms with Gasteiger partial charge in [0, 0.05) is 18.5 Å². The van der Waals surface area contributed by atoms with Gasteiger partial charge < -0.3 is 21.7 Å². The minimum atomic E-state index is -0.104. The highest BCUT2D eigenvalue weighted by atomic mass is 16.3. The molecular formula is C10H12N4O2. The maximum atomic E-state index is 8.75. The van der Waals surface area contributed by atoms with Crippen LogP contribution in [0.3, 0.4) is 0 Å². The highest BCUT2D eigenvalue weighted by Gasteiger charge is 1.90. The van der Waals surface area contributed by atoms with Crippen molar-refractivity contribution in [2.45, 2.75) is 0 Å². The van der Waals surface area contributed by atoms with E-state index in [9.17, 15) is 0 Å². The molecule has 2 aromatic rings. The van der Waals surface area contributed by atoms with Crippen LogP contribution in [0, 0.1) is 0 Å². The Balaban J connectivity index is 0.000000160. The number of nitrogens with two attached hydrogens (primary N) is 2. The van der Waals surface area contributed by atoms with E-state index < -0.39 is 0 Å². The Hall–Kier alpha value is -2.50. The van der Waals surface area contributed by atoms with Gasteiger partial charge in [-0.25, -0.2) is 4.98 Å². The average molecular weight is 220 g/mol. The zero-order valence-electron chi connectivity index (χ0n) is 8.41. The van der Waals surface area contributed by atoms with Crippen molar-refractivity contribution in [3.8, 4) is 11.6 Å².